The molecule has 1 aliphatic rings. The quantitative estimate of drug-likeness (QED) is 0.875. The molecule has 140 valence electrons. The maximum atomic E-state index is 12.5. The number of sulfonamides is 1. The molecule has 1 saturated heterocycles. The molecule has 0 unspecified atom stereocenters. The second-order valence-corrected chi connectivity index (χ2v) is 8.79. The van der Waals surface area contributed by atoms with Gasteiger partial charge >= 0.3 is 0 Å². The van der Waals surface area contributed by atoms with Crippen molar-refractivity contribution in [1.82, 2.24) is 9.62 Å². The smallest absolute Gasteiger partial charge is 0.240 e. The van der Waals surface area contributed by atoms with E-state index in [0.29, 0.717) is 4.90 Å². The molecule has 0 aromatic heterocycles. The minimum atomic E-state index is -3.50. The molecule has 1 aliphatic heterocycles. The van der Waals surface area contributed by atoms with Gasteiger partial charge in [0.15, 0.2) is 0 Å². The summed E-state index contributed by atoms with van der Waals surface area (Å²) in [6.45, 7) is 8.37. The van der Waals surface area contributed by atoms with Gasteiger partial charge in [-0.2, -0.15) is 0 Å². The lowest BCUT2D eigenvalue weighted by Crippen LogP contribution is -2.44. The van der Waals surface area contributed by atoms with E-state index in [9.17, 15) is 8.42 Å². The zero-order valence-electron chi connectivity index (χ0n) is 15.7. The van der Waals surface area contributed by atoms with Crippen LogP contribution in [0, 0.1) is 13.8 Å². The highest BCUT2D eigenvalue weighted by atomic mass is 32.2. The Balaban J connectivity index is 1.63. The molecule has 0 spiro atoms. The molecule has 26 heavy (non-hydrogen) atoms. The molecule has 0 atom stereocenters. The van der Waals surface area contributed by atoms with E-state index in [1.54, 1.807) is 12.1 Å². The highest BCUT2D eigenvalue weighted by Crippen LogP contribution is 2.18. The first-order valence-electron chi connectivity index (χ1n) is 8.94. The second-order valence-electron chi connectivity index (χ2n) is 7.03. The van der Waals surface area contributed by atoms with Crippen LogP contribution in [-0.2, 0) is 16.6 Å². The Morgan fingerprint density at radius 2 is 1.58 bits per heavy atom. The Labute approximate surface area is 156 Å². The molecule has 0 radical (unpaired) electrons. The van der Waals surface area contributed by atoms with E-state index >= 15 is 0 Å². The van der Waals surface area contributed by atoms with Crippen LogP contribution in [0.5, 0.6) is 0 Å². The molecule has 0 bridgehead atoms. The Kier molecular flexibility index (Phi) is 5.65. The summed E-state index contributed by atoms with van der Waals surface area (Å²) in [6.07, 6.45) is 0. The van der Waals surface area contributed by atoms with Gasteiger partial charge in [0.25, 0.3) is 0 Å². The van der Waals surface area contributed by atoms with E-state index in [2.05, 4.69) is 33.7 Å². The van der Waals surface area contributed by atoms with E-state index in [-0.39, 0.29) is 6.54 Å². The molecule has 1 fully saturated rings. The fourth-order valence-corrected chi connectivity index (χ4v) is 4.13. The zero-order chi connectivity index (χ0) is 18.7. The van der Waals surface area contributed by atoms with Gasteiger partial charge in [-0.25, -0.2) is 13.1 Å². The Bertz CT molecular complexity index is 855. The number of anilines is 1. The van der Waals surface area contributed by atoms with Gasteiger partial charge < -0.3 is 9.80 Å². The van der Waals surface area contributed by atoms with Crippen molar-refractivity contribution >= 4 is 15.7 Å². The third-order valence-corrected chi connectivity index (χ3v) is 6.46. The van der Waals surface area contributed by atoms with Crippen LogP contribution in [-0.4, -0.2) is 46.5 Å². The van der Waals surface area contributed by atoms with Crippen LogP contribution in [0.1, 0.15) is 16.7 Å². The Morgan fingerprint density at radius 3 is 2.19 bits per heavy atom. The average Bonchev–Trinajstić information content (AvgIpc) is 2.63. The number of benzene rings is 2. The van der Waals surface area contributed by atoms with Crippen molar-refractivity contribution in [3.05, 3.63) is 59.2 Å². The van der Waals surface area contributed by atoms with Crippen LogP contribution in [0.25, 0.3) is 0 Å². The van der Waals surface area contributed by atoms with Crippen molar-refractivity contribution in [2.75, 3.05) is 38.1 Å². The van der Waals surface area contributed by atoms with Crippen molar-refractivity contribution in [2.45, 2.75) is 25.3 Å². The summed E-state index contributed by atoms with van der Waals surface area (Å²) in [6, 6.07) is 13.4. The van der Waals surface area contributed by atoms with Gasteiger partial charge in [-0.05, 0) is 61.9 Å². The van der Waals surface area contributed by atoms with Crippen molar-refractivity contribution in [2.24, 2.45) is 0 Å². The molecule has 0 aliphatic carbocycles. The molecular formula is C20H27N3O2S. The number of piperazine rings is 1. The summed E-state index contributed by atoms with van der Waals surface area (Å²) in [7, 11) is -1.36. The standard InChI is InChI=1S/C20H27N3O2S/c1-16-4-9-20(14-17(16)2)26(24,25)21-15-18-5-7-19(8-6-18)23-12-10-22(3)11-13-23/h4-9,14,21H,10-13,15H2,1-3H3. The van der Waals surface area contributed by atoms with Crippen LogP contribution in [0.4, 0.5) is 5.69 Å². The lowest BCUT2D eigenvalue weighted by atomic mass is 10.1. The van der Waals surface area contributed by atoms with Gasteiger partial charge in [0, 0.05) is 38.4 Å². The van der Waals surface area contributed by atoms with Crippen molar-refractivity contribution in [3.8, 4) is 0 Å². The number of rotatable bonds is 5. The minimum Gasteiger partial charge on any atom is -0.369 e. The van der Waals surface area contributed by atoms with E-state index in [1.807, 2.05) is 32.0 Å². The summed E-state index contributed by atoms with van der Waals surface area (Å²) in [5.74, 6) is 0. The summed E-state index contributed by atoms with van der Waals surface area (Å²) in [5, 5.41) is 0. The van der Waals surface area contributed by atoms with Gasteiger partial charge in [-0.15, -0.1) is 0 Å². The molecule has 3 rings (SSSR count). The number of hydrogen-bond acceptors (Lipinski definition) is 4. The average molecular weight is 374 g/mol. The largest absolute Gasteiger partial charge is 0.369 e. The first kappa shape index (κ1) is 18.9. The number of aryl methyl sites for hydroxylation is 2. The molecule has 1 heterocycles. The maximum Gasteiger partial charge on any atom is 0.240 e. The van der Waals surface area contributed by atoms with Crippen LogP contribution in [0.2, 0.25) is 0 Å². The lowest BCUT2D eigenvalue weighted by molar-refractivity contribution is 0.313. The second kappa shape index (κ2) is 7.78. The van der Waals surface area contributed by atoms with Gasteiger partial charge in [-0.1, -0.05) is 18.2 Å². The summed E-state index contributed by atoms with van der Waals surface area (Å²) in [5.41, 5.74) is 4.21. The number of nitrogens with zero attached hydrogens (tertiary/aromatic N) is 2. The molecule has 0 saturated carbocycles. The van der Waals surface area contributed by atoms with E-state index in [0.717, 1.165) is 42.9 Å². The fraction of sp³-hybridized carbons (Fsp3) is 0.400. The number of likely N-dealkylation sites (N-methyl/N-ethyl adjacent to an activating group) is 1. The first-order chi connectivity index (χ1) is 12.3. The highest BCUT2D eigenvalue weighted by molar-refractivity contribution is 7.89. The van der Waals surface area contributed by atoms with Gasteiger partial charge in [0.2, 0.25) is 10.0 Å². The van der Waals surface area contributed by atoms with Crippen LogP contribution in [0.15, 0.2) is 47.4 Å². The summed E-state index contributed by atoms with van der Waals surface area (Å²) in [4.78, 5) is 5.00. The minimum absolute atomic E-state index is 0.290. The predicted molar refractivity (Wildman–Crippen MR) is 106 cm³/mol. The summed E-state index contributed by atoms with van der Waals surface area (Å²) >= 11 is 0. The van der Waals surface area contributed by atoms with Crippen molar-refractivity contribution < 1.29 is 8.42 Å². The SMILES string of the molecule is Cc1ccc(S(=O)(=O)NCc2ccc(N3CCN(C)CC3)cc2)cc1C. The van der Waals surface area contributed by atoms with E-state index < -0.39 is 10.0 Å². The summed E-state index contributed by atoms with van der Waals surface area (Å²) < 4.78 is 27.7. The Hall–Kier alpha value is -1.89. The number of nitrogens with one attached hydrogen (secondary N) is 1. The molecule has 2 aromatic carbocycles. The molecule has 5 nitrogen and oxygen atoms in total. The van der Waals surface area contributed by atoms with E-state index in [1.165, 1.54) is 5.69 Å². The van der Waals surface area contributed by atoms with E-state index in [4.69, 9.17) is 0 Å². The highest BCUT2D eigenvalue weighted by Gasteiger charge is 2.16. The third-order valence-electron chi connectivity index (χ3n) is 5.06. The van der Waals surface area contributed by atoms with Crippen molar-refractivity contribution in [1.29, 1.82) is 0 Å². The normalized spacial score (nSPS) is 16.0. The lowest BCUT2D eigenvalue weighted by Gasteiger charge is -2.34. The fourth-order valence-electron chi connectivity index (χ4n) is 3.03. The van der Waals surface area contributed by atoms with Gasteiger partial charge in [0.1, 0.15) is 0 Å². The monoisotopic (exact) mass is 373 g/mol. The van der Waals surface area contributed by atoms with Crippen LogP contribution in [0.3, 0.4) is 0 Å². The Morgan fingerprint density at radius 1 is 0.923 bits per heavy atom. The van der Waals surface area contributed by atoms with Gasteiger partial charge in [0.05, 0.1) is 4.90 Å². The molecule has 6 heteroatoms. The molecule has 2 aromatic rings. The van der Waals surface area contributed by atoms with Crippen LogP contribution >= 0.6 is 0 Å². The molecule has 0 amide bonds. The zero-order valence-corrected chi connectivity index (χ0v) is 16.5. The van der Waals surface area contributed by atoms with Crippen molar-refractivity contribution in [3.63, 3.8) is 0 Å². The van der Waals surface area contributed by atoms with Crippen LogP contribution < -0.4 is 9.62 Å². The third kappa shape index (κ3) is 4.44. The predicted octanol–water partition coefficient (Wildman–Crippen LogP) is 2.53. The maximum absolute atomic E-state index is 12.5. The molecule has 1 N–H and O–H groups in total. The number of hydrogen-bond donors (Lipinski definition) is 1. The first-order valence-corrected chi connectivity index (χ1v) is 10.4. The molecular weight excluding hydrogens is 346 g/mol. The van der Waals surface area contributed by atoms with Gasteiger partial charge in [-0.3, -0.25) is 0 Å². The topological polar surface area (TPSA) is 52.7 Å².